The van der Waals surface area contributed by atoms with Gasteiger partial charge in [0.25, 0.3) is 0 Å². The Balaban J connectivity index is 7.13. The van der Waals surface area contributed by atoms with Crippen molar-refractivity contribution in [2.75, 3.05) is 7.11 Å². The highest BCUT2D eigenvalue weighted by Gasteiger charge is 2.58. The van der Waals surface area contributed by atoms with Crippen LogP contribution in [-0.4, -0.2) is 31.8 Å². The first-order valence-electron chi connectivity index (χ1n) is 4.82. The average Bonchev–Trinajstić information content (AvgIpc) is 2.21. The van der Waals surface area contributed by atoms with Gasteiger partial charge in [-0.1, -0.05) is 0 Å². The van der Waals surface area contributed by atoms with Crippen LogP contribution in [0, 0.1) is 0 Å². The third-order valence-corrected chi connectivity index (χ3v) is 1.97. The van der Waals surface area contributed by atoms with Crippen molar-refractivity contribution < 1.29 is 61.8 Å². The number of alkyl halides is 12. The van der Waals surface area contributed by atoms with Crippen LogP contribution in [0.5, 0.6) is 0 Å². The summed E-state index contributed by atoms with van der Waals surface area (Å²) in [6.45, 7) is 0. The predicted octanol–water partition coefficient (Wildman–Crippen LogP) is 5.36. The smallest absolute Gasteiger partial charge is 0.449 e. The van der Waals surface area contributed by atoms with Crippen LogP contribution in [0.2, 0.25) is 0 Å². The van der Waals surface area contributed by atoms with Gasteiger partial charge in [-0.3, -0.25) is 0 Å². The van der Waals surface area contributed by atoms with E-state index < -0.39 is 47.4 Å². The highest BCUT2D eigenvalue weighted by atomic mass is 19.4. The lowest BCUT2D eigenvalue weighted by molar-refractivity contribution is -0.154. The summed E-state index contributed by atoms with van der Waals surface area (Å²) in [6, 6.07) is 0. The zero-order chi connectivity index (χ0) is 19.0. The lowest BCUT2D eigenvalue weighted by atomic mass is 10.0. The second-order valence-electron chi connectivity index (χ2n) is 3.59. The van der Waals surface area contributed by atoms with Crippen molar-refractivity contribution in [1.82, 2.24) is 0 Å². The number of halogens is 13. The second kappa shape index (κ2) is 6.11. The zero-order valence-electron chi connectivity index (χ0n) is 10.3. The SMILES string of the molecule is CO/C(=C(\C(=C(\F)C(F)(F)F)C(F)(F)F)C(F)(F)F)C(F)(F)F. The highest BCUT2D eigenvalue weighted by Crippen LogP contribution is 2.49. The molecule has 0 amide bonds. The molecule has 14 heteroatoms. The van der Waals surface area contributed by atoms with Crippen LogP contribution < -0.4 is 0 Å². The van der Waals surface area contributed by atoms with Crippen molar-refractivity contribution in [2.45, 2.75) is 24.7 Å². The Bertz CT molecular complexity index is 495. The second-order valence-corrected chi connectivity index (χ2v) is 3.59. The van der Waals surface area contributed by atoms with E-state index in [1.54, 1.807) is 0 Å². The molecule has 0 rings (SSSR count). The van der Waals surface area contributed by atoms with E-state index in [-0.39, 0.29) is 7.11 Å². The lowest BCUT2D eigenvalue weighted by Crippen LogP contribution is -2.32. The Morgan fingerprint density at radius 1 is 0.565 bits per heavy atom. The third kappa shape index (κ3) is 5.20. The number of methoxy groups -OCH3 is 1. The molecule has 0 heterocycles. The molecule has 0 saturated heterocycles. The van der Waals surface area contributed by atoms with E-state index in [9.17, 15) is 57.1 Å². The van der Waals surface area contributed by atoms with Crippen LogP contribution in [-0.2, 0) is 4.74 Å². The minimum atomic E-state index is -6.75. The first kappa shape index (κ1) is 21.4. The summed E-state index contributed by atoms with van der Waals surface area (Å²) in [6.07, 6.45) is -26.3. The number of rotatable bonds is 2. The summed E-state index contributed by atoms with van der Waals surface area (Å²) in [5.74, 6) is -7.87. The molecule has 0 radical (unpaired) electrons. The van der Waals surface area contributed by atoms with Gasteiger partial charge in [0.15, 0.2) is 0 Å². The summed E-state index contributed by atoms with van der Waals surface area (Å²) >= 11 is 0. The molecule has 0 aliphatic heterocycles. The van der Waals surface area contributed by atoms with Gasteiger partial charge >= 0.3 is 24.7 Å². The van der Waals surface area contributed by atoms with Crippen LogP contribution in [0.4, 0.5) is 57.1 Å². The highest BCUT2D eigenvalue weighted by molar-refractivity contribution is 5.44. The molecule has 0 N–H and O–H groups in total. The monoisotopic (exact) mass is 374 g/mol. The maximum atomic E-state index is 12.8. The molecule has 0 saturated carbocycles. The Labute approximate surface area is 118 Å². The third-order valence-electron chi connectivity index (χ3n) is 1.97. The molecule has 0 aliphatic carbocycles. The van der Waals surface area contributed by atoms with E-state index in [4.69, 9.17) is 0 Å². The van der Waals surface area contributed by atoms with E-state index in [0.717, 1.165) is 0 Å². The van der Waals surface area contributed by atoms with E-state index in [1.807, 2.05) is 0 Å². The quantitative estimate of drug-likeness (QED) is 0.359. The molecule has 1 nitrogen and oxygen atoms in total. The first-order valence-corrected chi connectivity index (χ1v) is 4.82. The molecule has 0 aromatic carbocycles. The Morgan fingerprint density at radius 3 is 1.09 bits per heavy atom. The molecule has 0 bridgehead atoms. The molecular formula is C9H3F13O. The maximum Gasteiger partial charge on any atom is 0.449 e. The molecule has 0 atom stereocenters. The summed E-state index contributed by atoms with van der Waals surface area (Å²) in [4.78, 5) is 0. The first-order chi connectivity index (χ1) is 9.85. The van der Waals surface area contributed by atoms with Gasteiger partial charge in [-0.05, 0) is 0 Å². The number of hydrogen-bond donors (Lipinski definition) is 0. The molecule has 0 spiro atoms. The summed E-state index contributed by atoms with van der Waals surface area (Å²) < 4.78 is 164. The fraction of sp³-hybridized carbons (Fsp3) is 0.556. The summed E-state index contributed by atoms with van der Waals surface area (Å²) in [5.41, 5.74) is -8.17. The molecule has 23 heavy (non-hydrogen) atoms. The molecule has 0 fully saturated rings. The summed E-state index contributed by atoms with van der Waals surface area (Å²) in [7, 11) is -0.173. The Morgan fingerprint density at radius 2 is 0.913 bits per heavy atom. The van der Waals surface area contributed by atoms with Crippen LogP contribution in [0.1, 0.15) is 0 Å². The van der Waals surface area contributed by atoms with E-state index in [2.05, 4.69) is 4.74 Å². The fourth-order valence-electron chi connectivity index (χ4n) is 1.26. The van der Waals surface area contributed by atoms with Crippen LogP contribution in [0.25, 0.3) is 0 Å². The standard InChI is InChI=1S/C9H3F13O/c1-23-5(9(20,21)22)3(7(14,15)16)2(6(11,12)13)4(10)8(17,18)19/h1H3/b4-2-,5-3+. The predicted molar refractivity (Wildman–Crippen MR) is 46.4 cm³/mol. The molecule has 0 aromatic heterocycles. The van der Waals surface area contributed by atoms with Gasteiger partial charge in [-0.2, -0.15) is 52.7 Å². The molecular weight excluding hydrogens is 371 g/mol. The number of ether oxygens (including phenoxy) is 1. The number of hydrogen-bond acceptors (Lipinski definition) is 1. The van der Waals surface area contributed by atoms with Crippen molar-refractivity contribution in [3.63, 3.8) is 0 Å². The minimum Gasteiger partial charge on any atom is -0.492 e. The van der Waals surface area contributed by atoms with Crippen LogP contribution in [0.3, 0.4) is 0 Å². The van der Waals surface area contributed by atoms with Gasteiger partial charge in [0, 0.05) is 0 Å². The largest absolute Gasteiger partial charge is 0.492 e. The van der Waals surface area contributed by atoms with Gasteiger partial charge in [0.2, 0.25) is 11.6 Å². The van der Waals surface area contributed by atoms with Gasteiger partial charge in [0.05, 0.1) is 7.11 Å². The van der Waals surface area contributed by atoms with Crippen molar-refractivity contribution in [3.05, 3.63) is 22.7 Å². The van der Waals surface area contributed by atoms with E-state index >= 15 is 0 Å². The molecule has 0 aliphatic rings. The van der Waals surface area contributed by atoms with Gasteiger partial charge in [-0.15, -0.1) is 0 Å². The summed E-state index contributed by atoms with van der Waals surface area (Å²) in [5, 5.41) is 0. The minimum absolute atomic E-state index is 0.173. The van der Waals surface area contributed by atoms with Gasteiger partial charge in [0.1, 0.15) is 11.1 Å². The Kier molecular flexibility index (Phi) is 5.68. The van der Waals surface area contributed by atoms with E-state index in [0.29, 0.717) is 0 Å². The van der Waals surface area contributed by atoms with Crippen LogP contribution in [0.15, 0.2) is 22.7 Å². The van der Waals surface area contributed by atoms with Crippen molar-refractivity contribution in [2.24, 2.45) is 0 Å². The van der Waals surface area contributed by atoms with E-state index in [1.165, 1.54) is 0 Å². The normalized spacial score (nSPS) is 16.8. The average molecular weight is 374 g/mol. The zero-order valence-corrected chi connectivity index (χ0v) is 10.3. The number of allylic oxidation sites excluding steroid dienone is 4. The maximum absolute atomic E-state index is 12.8. The van der Waals surface area contributed by atoms with Crippen LogP contribution >= 0.6 is 0 Å². The molecule has 0 unspecified atom stereocenters. The lowest BCUT2D eigenvalue weighted by Gasteiger charge is -2.23. The molecule has 0 aromatic rings. The van der Waals surface area contributed by atoms with Crippen molar-refractivity contribution in [1.29, 1.82) is 0 Å². The molecule has 136 valence electrons. The Hall–Kier alpha value is -1.63. The fourth-order valence-corrected chi connectivity index (χ4v) is 1.26. The van der Waals surface area contributed by atoms with Gasteiger partial charge < -0.3 is 4.74 Å². The van der Waals surface area contributed by atoms with Crippen molar-refractivity contribution >= 4 is 0 Å². The van der Waals surface area contributed by atoms with Gasteiger partial charge in [-0.25, -0.2) is 4.39 Å². The topological polar surface area (TPSA) is 9.23 Å². The van der Waals surface area contributed by atoms with Crippen molar-refractivity contribution in [3.8, 4) is 0 Å².